The molecule has 2 N–H and O–H groups in total. The standard InChI is InChI=1S/C18H20N6O/c1-5-12(16-22-13-7-6-9(2)8-14(13)23-16)21-17-15-10(3)24-25-18(15)20-11(4)19-17/h6-8,12H,5H2,1-4H3,(H,22,23)(H,19,20,21)/t12-/m1/s1. The largest absolute Gasteiger partial charge is 0.359 e. The zero-order valence-electron chi connectivity index (χ0n) is 14.7. The number of benzene rings is 1. The first-order valence-corrected chi connectivity index (χ1v) is 8.38. The SMILES string of the molecule is CC[C@@H](Nc1nc(C)nc2onc(C)c12)c1nc2ccc(C)cc2[nH]1. The van der Waals surface area contributed by atoms with Gasteiger partial charge in [-0.1, -0.05) is 18.1 Å². The van der Waals surface area contributed by atoms with Crippen LogP contribution in [-0.4, -0.2) is 25.1 Å². The molecule has 3 heterocycles. The number of hydrogen-bond acceptors (Lipinski definition) is 6. The average molecular weight is 336 g/mol. The van der Waals surface area contributed by atoms with E-state index < -0.39 is 0 Å². The number of imidazole rings is 1. The van der Waals surface area contributed by atoms with Crippen molar-refractivity contribution in [2.45, 2.75) is 40.2 Å². The summed E-state index contributed by atoms with van der Waals surface area (Å²) in [5.74, 6) is 2.26. The molecule has 0 saturated heterocycles. The minimum Gasteiger partial charge on any atom is -0.359 e. The fourth-order valence-electron chi connectivity index (χ4n) is 3.04. The lowest BCUT2D eigenvalue weighted by atomic mass is 10.2. The molecular formula is C18H20N6O. The molecule has 25 heavy (non-hydrogen) atoms. The van der Waals surface area contributed by atoms with Gasteiger partial charge in [0.1, 0.15) is 22.9 Å². The highest BCUT2D eigenvalue weighted by atomic mass is 16.5. The molecular weight excluding hydrogens is 316 g/mol. The molecule has 3 aromatic heterocycles. The van der Waals surface area contributed by atoms with Gasteiger partial charge >= 0.3 is 0 Å². The number of hydrogen-bond donors (Lipinski definition) is 2. The van der Waals surface area contributed by atoms with Crippen molar-refractivity contribution in [3.63, 3.8) is 0 Å². The number of aryl methyl sites for hydroxylation is 3. The molecule has 0 aliphatic heterocycles. The summed E-state index contributed by atoms with van der Waals surface area (Å²) in [6.07, 6.45) is 0.855. The molecule has 0 aliphatic rings. The monoisotopic (exact) mass is 336 g/mol. The lowest BCUT2D eigenvalue weighted by Gasteiger charge is -2.16. The summed E-state index contributed by atoms with van der Waals surface area (Å²) in [7, 11) is 0. The number of anilines is 1. The topological polar surface area (TPSA) is 92.5 Å². The molecule has 0 saturated carbocycles. The van der Waals surface area contributed by atoms with Crippen LogP contribution < -0.4 is 5.32 Å². The van der Waals surface area contributed by atoms with Crippen molar-refractivity contribution in [3.8, 4) is 0 Å². The maximum atomic E-state index is 5.29. The van der Waals surface area contributed by atoms with E-state index in [4.69, 9.17) is 9.51 Å². The first kappa shape index (κ1) is 15.6. The van der Waals surface area contributed by atoms with E-state index in [0.717, 1.165) is 40.2 Å². The highest BCUT2D eigenvalue weighted by molar-refractivity contribution is 5.87. The van der Waals surface area contributed by atoms with Crippen LogP contribution in [0.25, 0.3) is 22.1 Å². The molecule has 0 amide bonds. The number of nitrogens with zero attached hydrogens (tertiary/aromatic N) is 4. The third kappa shape index (κ3) is 2.71. The van der Waals surface area contributed by atoms with Crippen LogP contribution in [0, 0.1) is 20.8 Å². The second-order valence-corrected chi connectivity index (χ2v) is 6.32. The van der Waals surface area contributed by atoms with Crippen LogP contribution >= 0.6 is 0 Å². The molecule has 0 radical (unpaired) electrons. The van der Waals surface area contributed by atoms with Gasteiger partial charge in [0.05, 0.1) is 22.8 Å². The van der Waals surface area contributed by atoms with Gasteiger partial charge in [-0.2, -0.15) is 4.98 Å². The van der Waals surface area contributed by atoms with Crippen molar-refractivity contribution in [2.75, 3.05) is 5.32 Å². The van der Waals surface area contributed by atoms with E-state index in [0.29, 0.717) is 11.5 Å². The zero-order valence-corrected chi connectivity index (χ0v) is 14.7. The van der Waals surface area contributed by atoms with Crippen LogP contribution in [0.4, 0.5) is 5.82 Å². The van der Waals surface area contributed by atoms with E-state index in [2.05, 4.69) is 51.4 Å². The lowest BCUT2D eigenvalue weighted by molar-refractivity contribution is 0.442. The van der Waals surface area contributed by atoms with E-state index in [-0.39, 0.29) is 6.04 Å². The molecule has 128 valence electrons. The Labute approximate surface area is 144 Å². The predicted octanol–water partition coefficient (Wildman–Crippen LogP) is 3.98. The summed E-state index contributed by atoms with van der Waals surface area (Å²) in [6.45, 7) is 7.92. The Kier molecular flexibility index (Phi) is 3.63. The maximum absolute atomic E-state index is 5.29. The van der Waals surface area contributed by atoms with Crippen molar-refractivity contribution in [1.29, 1.82) is 0 Å². The lowest BCUT2D eigenvalue weighted by Crippen LogP contribution is -2.13. The Morgan fingerprint density at radius 1 is 1.16 bits per heavy atom. The van der Waals surface area contributed by atoms with Crippen LogP contribution in [0.5, 0.6) is 0 Å². The summed E-state index contributed by atoms with van der Waals surface area (Å²) >= 11 is 0. The second-order valence-electron chi connectivity index (χ2n) is 6.32. The first-order valence-electron chi connectivity index (χ1n) is 8.38. The van der Waals surface area contributed by atoms with Gasteiger partial charge in [0, 0.05) is 0 Å². The Hall–Kier alpha value is -2.96. The molecule has 0 bridgehead atoms. The smallest absolute Gasteiger partial charge is 0.263 e. The Morgan fingerprint density at radius 3 is 2.80 bits per heavy atom. The number of nitrogens with one attached hydrogen (secondary N) is 2. The zero-order chi connectivity index (χ0) is 17.6. The van der Waals surface area contributed by atoms with Crippen LogP contribution in [0.15, 0.2) is 22.7 Å². The molecule has 7 nitrogen and oxygen atoms in total. The minimum absolute atomic E-state index is 0.000457. The summed E-state index contributed by atoms with van der Waals surface area (Å²) in [5.41, 5.74) is 4.48. The second kappa shape index (κ2) is 5.84. The van der Waals surface area contributed by atoms with Gasteiger partial charge in [0.25, 0.3) is 5.71 Å². The van der Waals surface area contributed by atoms with Gasteiger partial charge in [-0.3, -0.25) is 0 Å². The number of H-pyrrole nitrogens is 1. The van der Waals surface area contributed by atoms with Gasteiger partial charge in [0.15, 0.2) is 0 Å². The predicted molar refractivity (Wildman–Crippen MR) is 96.6 cm³/mol. The van der Waals surface area contributed by atoms with E-state index in [1.54, 1.807) is 0 Å². The summed E-state index contributed by atoms with van der Waals surface area (Å²) < 4.78 is 5.29. The molecule has 1 atom stereocenters. The third-order valence-corrected chi connectivity index (χ3v) is 4.32. The van der Waals surface area contributed by atoms with Crippen molar-refractivity contribution < 1.29 is 4.52 Å². The third-order valence-electron chi connectivity index (χ3n) is 4.32. The molecule has 4 rings (SSSR count). The first-order chi connectivity index (χ1) is 12.0. The van der Waals surface area contributed by atoms with Crippen molar-refractivity contribution in [1.82, 2.24) is 25.1 Å². The number of aromatic amines is 1. The fourth-order valence-corrected chi connectivity index (χ4v) is 3.04. The Morgan fingerprint density at radius 2 is 2.00 bits per heavy atom. The Balaban J connectivity index is 1.75. The molecule has 0 aliphatic carbocycles. The molecule has 0 unspecified atom stereocenters. The van der Waals surface area contributed by atoms with Gasteiger partial charge in [-0.05, 0) is 44.9 Å². The van der Waals surface area contributed by atoms with Crippen LogP contribution in [0.3, 0.4) is 0 Å². The summed E-state index contributed by atoms with van der Waals surface area (Å²) in [6, 6.07) is 6.21. The van der Waals surface area contributed by atoms with E-state index in [1.807, 2.05) is 19.9 Å². The molecule has 7 heteroatoms. The summed E-state index contributed by atoms with van der Waals surface area (Å²) in [4.78, 5) is 17.0. The molecule has 0 spiro atoms. The quantitative estimate of drug-likeness (QED) is 0.585. The number of fused-ring (bicyclic) bond motifs is 2. The molecule has 4 aromatic rings. The van der Waals surface area contributed by atoms with Gasteiger partial charge in [-0.15, -0.1) is 0 Å². The average Bonchev–Trinajstić information content (AvgIpc) is 3.15. The van der Waals surface area contributed by atoms with Gasteiger partial charge < -0.3 is 14.8 Å². The normalized spacial score (nSPS) is 12.8. The number of rotatable bonds is 4. The van der Waals surface area contributed by atoms with E-state index in [9.17, 15) is 0 Å². The number of aromatic nitrogens is 5. The van der Waals surface area contributed by atoms with Crippen molar-refractivity contribution in [3.05, 3.63) is 41.1 Å². The summed E-state index contributed by atoms with van der Waals surface area (Å²) in [5, 5.41) is 8.31. The highest BCUT2D eigenvalue weighted by Gasteiger charge is 2.19. The van der Waals surface area contributed by atoms with Crippen molar-refractivity contribution >= 4 is 28.0 Å². The van der Waals surface area contributed by atoms with Gasteiger partial charge in [0.2, 0.25) is 0 Å². The Bertz CT molecular complexity index is 1060. The molecule has 0 fully saturated rings. The van der Waals surface area contributed by atoms with Gasteiger partial charge in [-0.25, -0.2) is 9.97 Å². The molecule has 1 aromatic carbocycles. The fraction of sp³-hybridized carbons (Fsp3) is 0.333. The van der Waals surface area contributed by atoms with Crippen molar-refractivity contribution in [2.24, 2.45) is 0 Å². The van der Waals surface area contributed by atoms with Crippen LogP contribution in [-0.2, 0) is 0 Å². The highest BCUT2D eigenvalue weighted by Crippen LogP contribution is 2.28. The van der Waals surface area contributed by atoms with Crippen LogP contribution in [0.2, 0.25) is 0 Å². The van der Waals surface area contributed by atoms with Crippen LogP contribution in [0.1, 0.15) is 42.3 Å². The van der Waals surface area contributed by atoms with E-state index in [1.165, 1.54) is 5.56 Å². The van der Waals surface area contributed by atoms with E-state index >= 15 is 0 Å². The maximum Gasteiger partial charge on any atom is 0.263 e. The minimum atomic E-state index is -0.000457.